The topological polar surface area (TPSA) is 48.0 Å². The van der Waals surface area contributed by atoms with Gasteiger partial charge < -0.3 is 14.2 Å². The van der Waals surface area contributed by atoms with Gasteiger partial charge in [0.05, 0.1) is 24.8 Å². The molecule has 1 saturated carbocycles. The molecule has 0 spiro atoms. The second kappa shape index (κ2) is 7.84. The van der Waals surface area contributed by atoms with Gasteiger partial charge in [0.2, 0.25) is 0 Å². The van der Waals surface area contributed by atoms with Crippen molar-refractivity contribution in [2.24, 2.45) is 5.92 Å². The van der Waals surface area contributed by atoms with Gasteiger partial charge in [-0.1, -0.05) is 19.3 Å². The molecule has 1 aliphatic carbocycles. The molecule has 1 aliphatic heterocycles. The van der Waals surface area contributed by atoms with Crippen LogP contribution in [-0.2, 0) is 14.2 Å². The Morgan fingerprint density at radius 2 is 1.78 bits per heavy atom. The highest BCUT2D eigenvalue weighted by molar-refractivity contribution is 5.69. The van der Waals surface area contributed by atoms with Gasteiger partial charge in [-0.05, 0) is 46.0 Å². The number of likely N-dealkylation sites (tertiary alicyclic amines) is 1. The number of nitrogens with zero attached hydrogens (tertiary/aromatic N) is 1. The second-order valence-corrected chi connectivity index (χ2v) is 7.89. The molecule has 2 rings (SSSR count). The van der Waals surface area contributed by atoms with E-state index in [1.165, 1.54) is 32.1 Å². The number of hydrogen-bond donors (Lipinski definition) is 0. The van der Waals surface area contributed by atoms with Crippen LogP contribution in [0.25, 0.3) is 0 Å². The molecule has 0 radical (unpaired) electrons. The molecule has 1 heterocycles. The molecule has 2 fully saturated rings. The van der Waals surface area contributed by atoms with E-state index in [1.54, 1.807) is 14.2 Å². The van der Waals surface area contributed by atoms with Gasteiger partial charge in [0.25, 0.3) is 0 Å². The van der Waals surface area contributed by atoms with Gasteiger partial charge >= 0.3 is 6.09 Å². The first kappa shape index (κ1) is 18.5. The van der Waals surface area contributed by atoms with E-state index in [2.05, 4.69) is 0 Å². The Labute approximate surface area is 140 Å². The minimum absolute atomic E-state index is 0.0444. The van der Waals surface area contributed by atoms with E-state index in [4.69, 9.17) is 14.2 Å². The summed E-state index contributed by atoms with van der Waals surface area (Å²) in [6.07, 6.45) is 6.92. The molecule has 1 unspecified atom stereocenters. The molecule has 23 heavy (non-hydrogen) atoms. The number of hydrogen-bond acceptors (Lipinski definition) is 4. The average Bonchev–Trinajstić information content (AvgIpc) is 2.92. The van der Waals surface area contributed by atoms with E-state index in [1.807, 2.05) is 25.7 Å². The summed E-state index contributed by atoms with van der Waals surface area (Å²) in [5.41, 5.74) is -0.486. The molecule has 1 saturated heterocycles. The van der Waals surface area contributed by atoms with Crippen LogP contribution in [0.3, 0.4) is 0 Å². The van der Waals surface area contributed by atoms with Crippen LogP contribution in [0.4, 0.5) is 4.79 Å². The molecule has 0 aromatic carbocycles. The lowest BCUT2D eigenvalue weighted by Crippen LogP contribution is -2.48. The van der Waals surface area contributed by atoms with Crippen molar-refractivity contribution in [1.82, 2.24) is 4.90 Å². The van der Waals surface area contributed by atoms with Crippen molar-refractivity contribution < 1.29 is 19.0 Å². The van der Waals surface area contributed by atoms with Crippen LogP contribution in [0.2, 0.25) is 0 Å². The standard InChI is InChI=1S/C18H33NO4/c1-18(2,3)23-17(20)19-12-14(21-4)11-15(19)16(22-5)13-9-7-6-8-10-13/h13-16H,6-12H2,1-5H3/t14-,15-,16?/m0/s1. The first-order valence-corrected chi connectivity index (χ1v) is 8.91. The van der Waals surface area contributed by atoms with Gasteiger partial charge in [0, 0.05) is 14.2 Å². The minimum Gasteiger partial charge on any atom is -0.444 e. The first-order valence-electron chi connectivity index (χ1n) is 8.91. The fourth-order valence-electron chi connectivity index (χ4n) is 3.97. The molecule has 134 valence electrons. The molecule has 5 heteroatoms. The van der Waals surface area contributed by atoms with Crippen LogP contribution in [0.1, 0.15) is 59.3 Å². The fraction of sp³-hybridized carbons (Fsp3) is 0.944. The quantitative estimate of drug-likeness (QED) is 0.791. The van der Waals surface area contributed by atoms with E-state index in [-0.39, 0.29) is 24.3 Å². The zero-order valence-electron chi connectivity index (χ0n) is 15.3. The third kappa shape index (κ3) is 4.83. The summed E-state index contributed by atoms with van der Waals surface area (Å²) in [5, 5.41) is 0. The van der Waals surface area contributed by atoms with E-state index in [9.17, 15) is 4.79 Å². The number of amides is 1. The van der Waals surface area contributed by atoms with Crippen LogP contribution in [0, 0.1) is 5.92 Å². The number of methoxy groups -OCH3 is 2. The van der Waals surface area contributed by atoms with E-state index in [0.717, 1.165) is 6.42 Å². The molecule has 3 atom stereocenters. The lowest BCUT2D eigenvalue weighted by Gasteiger charge is -2.37. The number of rotatable bonds is 4. The second-order valence-electron chi connectivity index (χ2n) is 7.89. The fourth-order valence-corrected chi connectivity index (χ4v) is 3.97. The Hall–Kier alpha value is -0.810. The maximum absolute atomic E-state index is 12.6. The normalized spacial score (nSPS) is 28.0. The molecule has 5 nitrogen and oxygen atoms in total. The van der Waals surface area contributed by atoms with E-state index in [0.29, 0.717) is 12.5 Å². The number of ether oxygens (including phenoxy) is 3. The molecule has 0 aromatic heterocycles. The summed E-state index contributed by atoms with van der Waals surface area (Å²) in [4.78, 5) is 14.5. The van der Waals surface area contributed by atoms with Crippen LogP contribution < -0.4 is 0 Å². The van der Waals surface area contributed by atoms with Crippen molar-refractivity contribution in [3.05, 3.63) is 0 Å². The van der Waals surface area contributed by atoms with Crippen LogP contribution in [-0.4, -0.2) is 55.6 Å². The molecule has 0 bridgehead atoms. The highest BCUT2D eigenvalue weighted by Crippen LogP contribution is 2.35. The van der Waals surface area contributed by atoms with E-state index < -0.39 is 5.60 Å². The zero-order chi connectivity index (χ0) is 17.0. The van der Waals surface area contributed by atoms with Gasteiger partial charge in [-0.2, -0.15) is 0 Å². The van der Waals surface area contributed by atoms with Gasteiger partial charge in [-0.3, -0.25) is 4.90 Å². The summed E-state index contributed by atoms with van der Waals surface area (Å²) >= 11 is 0. The summed E-state index contributed by atoms with van der Waals surface area (Å²) in [6, 6.07) is 0.0444. The van der Waals surface area contributed by atoms with E-state index >= 15 is 0 Å². The van der Waals surface area contributed by atoms with Crippen molar-refractivity contribution in [2.45, 2.75) is 83.1 Å². The summed E-state index contributed by atoms with van der Waals surface area (Å²) < 4.78 is 17.0. The van der Waals surface area contributed by atoms with Gasteiger partial charge in [0.15, 0.2) is 0 Å². The first-order chi connectivity index (χ1) is 10.9. The smallest absolute Gasteiger partial charge is 0.410 e. The van der Waals surface area contributed by atoms with Crippen LogP contribution in [0.5, 0.6) is 0 Å². The Morgan fingerprint density at radius 3 is 2.30 bits per heavy atom. The predicted molar refractivity (Wildman–Crippen MR) is 89.5 cm³/mol. The minimum atomic E-state index is -0.486. The lowest BCUT2D eigenvalue weighted by molar-refractivity contribution is -0.0318. The predicted octanol–water partition coefficient (Wildman–Crippen LogP) is 3.61. The third-order valence-corrected chi connectivity index (χ3v) is 5.03. The van der Waals surface area contributed by atoms with Gasteiger partial charge in [-0.25, -0.2) is 4.79 Å². The Bertz CT molecular complexity index is 387. The van der Waals surface area contributed by atoms with Crippen molar-refractivity contribution >= 4 is 6.09 Å². The van der Waals surface area contributed by atoms with Crippen LogP contribution in [0.15, 0.2) is 0 Å². The highest BCUT2D eigenvalue weighted by atomic mass is 16.6. The van der Waals surface area contributed by atoms with Crippen molar-refractivity contribution in [1.29, 1.82) is 0 Å². The van der Waals surface area contributed by atoms with Crippen molar-refractivity contribution in [3.63, 3.8) is 0 Å². The van der Waals surface area contributed by atoms with Crippen molar-refractivity contribution in [3.8, 4) is 0 Å². The Kier molecular flexibility index (Phi) is 6.32. The largest absolute Gasteiger partial charge is 0.444 e. The summed E-state index contributed by atoms with van der Waals surface area (Å²) in [7, 11) is 3.48. The summed E-state index contributed by atoms with van der Waals surface area (Å²) in [6.45, 7) is 6.29. The van der Waals surface area contributed by atoms with Gasteiger partial charge in [0.1, 0.15) is 5.60 Å². The van der Waals surface area contributed by atoms with Gasteiger partial charge in [-0.15, -0.1) is 0 Å². The zero-order valence-corrected chi connectivity index (χ0v) is 15.3. The molecule has 1 amide bonds. The SMILES string of the molecule is COC(C1CCCCC1)[C@@H]1C[C@H](OC)CN1C(=O)OC(C)(C)C. The molecular weight excluding hydrogens is 294 g/mol. The van der Waals surface area contributed by atoms with Crippen LogP contribution >= 0.6 is 0 Å². The van der Waals surface area contributed by atoms with Crippen molar-refractivity contribution in [2.75, 3.05) is 20.8 Å². The maximum atomic E-state index is 12.6. The molecular formula is C18H33NO4. The molecule has 0 aromatic rings. The Morgan fingerprint density at radius 1 is 1.13 bits per heavy atom. The maximum Gasteiger partial charge on any atom is 0.410 e. The lowest BCUT2D eigenvalue weighted by atomic mass is 9.82. The monoisotopic (exact) mass is 327 g/mol. The Balaban J connectivity index is 2.12. The third-order valence-electron chi connectivity index (χ3n) is 5.03. The summed E-state index contributed by atoms with van der Waals surface area (Å²) in [5.74, 6) is 0.527. The number of carbonyl (C=O) groups is 1. The molecule has 2 aliphatic rings. The highest BCUT2D eigenvalue weighted by Gasteiger charge is 2.44. The average molecular weight is 327 g/mol. The number of carbonyl (C=O) groups excluding carboxylic acids is 1. The molecule has 0 N–H and O–H groups in total.